The molecule has 1 N–H and O–H groups in total. The molecule has 0 bridgehead atoms. The van der Waals surface area contributed by atoms with Crippen LogP contribution in [0.2, 0.25) is 0 Å². The Morgan fingerprint density at radius 3 is 2.47 bits per heavy atom. The zero-order valence-electron chi connectivity index (χ0n) is 20.3. The van der Waals surface area contributed by atoms with Crippen LogP contribution in [-0.4, -0.2) is 55.9 Å². The van der Waals surface area contributed by atoms with Crippen LogP contribution in [0.4, 0.5) is 5.69 Å². The Kier molecular flexibility index (Phi) is 6.98. The van der Waals surface area contributed by atoms with E-state index in [1.54, 1.807) is 23.1 Å². The van der Waals surface area contributed by atoms with E-state index in [2.05, 4.69) is 52.7 Å². The number of hydrogen-bond donors (Lipinski definition) is 1. The number of nitrogens with zero attached hydrogens (tertiary/aromatic N) is 3. The lowest BCUT2D eigenvalue weighted by molar-refractivity contribution is -0.134. The number of amides is 1. The number of rotatable bonds is 6. The topological polar surface area (TPSA) is 82.6 Å². The predicted octanol–water partition coefficient (Wildman–Crippen LogP) is 3.95. The average Bonchev–Trinajstić information content (AvgIpc) is 3.17. The number of piperazine rings is 1. The van der Waals surface area contributed by atoms with Crippen LogP contribution >= 0.6 is 11.3 Å². The summed E-state index contributed by atoms with van der Waals surface area (Å²) in [6.07, 6.45) is 0. The second kappa shape index (κ2) is 9.64. The highest BCUT2D eigenvalue weighted by atomic mass is 32.2. The van der Waals surface area contributed by atoms with Gasteiger partial charge in [-0.1, -0.05) is 31.5 Å². The minimum absolute atomic E-state index is 0.127. The van der Waals surface area contributed by atoms with Gasteiger partial charge < -0.3 is 9.80 Å². The van der Waals surface area contributed by atoms with Gasteiger partial charge in [0.15, 0.2) is 0 Å². The molecule has 1 aromatic heterocycles. The van der Waals surface area contributed by atoms with E-state index in [0.29, 0.717) is 19.6 Å². The summed E-state index contributed by atoms with van der Waals surface area (Å²) in [6, 6.07) is 12.6. The Bertz CT molecular complexity index is 1290. The van der Waals surface area contributed by atoms with Crippen LogP contribution in [0, 0.1) is 19.8 Å². The molecule has 4 rings (SSSR count). The van der Waals surface area contributed by atoms with Crippen LogP contribution in [0.1, 0.15) is 31.3 Å². The minimum atomic E-state index is -3.87. The van der Waals surface area contributed by atoms with E-state index in [1.807, 2.05) is 20.8 Å². The molecule has 7 nitrogen and oxygen atoms in total. The molecule has 0 aliphatic carbocycles. The van der Waals surface area contributed by atoms with E-state index in [0.717, 1.165) is 20.9 Å². The standard InChI is InChI=1S/C25H32N4O3S2/c1-16(2)24(27-34(31,32)21-10-11-22-23(14-21)33-19(5)26-22)25(30)28-12-13-29(18(4)15-28)20-8-6-17(3)7-9-20/h6-11,14,16,18,24,27H,12-13,15H2,1-5H3/t18-,24+/m1/s1. The van der Waals surface area contributed by atoms with Crippen LogP contribution in [0.5, 0.6) is 0 Å². The third-order valence-electron chi connectivity index (χ3n) is 6.30. The summed E-state index contributed by atoms with van der Waals surface area (Å²) in [5.74, 6) is -0.370. The molecule has 182 valence electrons. The van der Waals surface area contributed by atoms with Crippen LogP contribution in [0.15, 0.2) is 47.4 Å². The maximum Gasteiger partial charge on any atom is 0.241 e. The van der Waals surface area contributed by atoms with Crippen molar-refractivity contribution in [3.05, 3.63) is 53.0 Å². The van der Waals surface area contributed by atoms with Gasteiger partial charge in [0.2, 0.25) is 15.9 Å². The molecule has 0 unspecified atom stereocenters. The van der Waals surface area contributed by atoms with E-state index in [-0.39, 0.29) is 22.8 Å². The summed E-state index contributed by atoms with van der Waals surface area (Å²) in [5.41, 5.74) is 3.13. The molecule has 9 heteroatoms. The van der Waals surface area contributed by atoms with Gasteiger partial charge in [-0.3, -0.25) is 4.79 Å². The van der Waals surface area contributed by atoms with Gasteiger partial charge in [0.25, 0.3) is 0 Å². The highest BCUT2D eigenvalue weighted by molar-refractivity contribution is 7.89. The summed E-state index contributed by atoms with van der Waals surface area (Å²) in [5, 5.41) is 0.881. The van der Waals surface area contributed by atoms with Gasteiger partial charge >= 0.3 is 0 Å². The van der Waals surface area contributed by atoms with Crippen molar-refractivity contribution in [2.45, 2.75) is 51.6 Å². The van der Waals surface area contributed by atoms with Gasteiger partial charge in [0.05, 0.1) is 20.1 Å². The number of carbonyl (C=O) groups excluding carboxylic acids is 1. The highest BCUT2D eigenvalue weighted by Gasteiger charge is 2.35. The Balaban J connectivity index is 1.49. The number of benzene rings is 2. The molecule has 1 aliphatic heterocycles. The lowest BCUT2D eigenvalue weighted by Crippen LogP contribution is -2.59. The number of aryl methyl sites for hydroxylation is 2. The monoisotopic (exact) mass is 500 g/mol. The molecule has 0 radical (unpaired) electrons. The van der Waals surface area contributed by atoms with Gasteiger partial charge in [-0.25, -0.2) is 13.4 Å². The van der Waals surface area contributed by atoms with Gasteiger partial charge in [0.1, 0.15) is 6.04 Å². The fourth-order valence-electron chi connectivity index (χ4n) is 4.37. The third-order valence-corrected chi connectivity index (χ3v) is 8.67. The first-order chi connectivity index (χ1) is 16.0. The maximum absolute atomic E-state index is 13.5. The Hall–Kier alpha value is -2.49. The zero-order chi connectivity index (χ0) is 24.6. The SMILES string of the molecule is Cc1ccc(N2CCN(C(=O)[C@@H](NS(=O)(=O)c3ccc4nc(C)sc4c3)C(C)C)C[C@H]2C)cc1. The first kappa shape index (κ1) is 24.6. The van der Waals surface area contributed by atoms with Gasteiger partial charge in [-0.15, -0.1) is 11.3 Å². The van der Waals surface area contributed by atoms with Crippen LogP contribution in [0.25, 0.3) is 10.2 Å². The van der Waals surface area contributed by atoms with Crippen molar-refractivity contribution in [3.63, 3.8) is 0 Å². The van der Waals surface area contributed by atoms with Crippen molar-refractivity contribution in [2.75, 3.05) is 24.5 Å². The first-order valence-electron chi connectivity index (χ1n) is 11.6. The molecule has 2 atom stereocenters. The number of fused-ring (bicyclic) bond motifs is 1. The maximum atomic E-state index is 13.5. The lowest BCUT2D eigenvalue weighted by atomic mass is 10.0. The molecule has 1 aliphatic rings. The molecule has 0 saturated carbocycles. The third kappa shape index (κ3) is 5.11. The number of aromatic nitrogens is 1. The Morgan fingerprint density at radius 1 is 1.12 bits per heavy atom. The van der Waals surface area contributed by atoms with Crippen LogP contribution < -0.4 is 9.62 Å². The van der Waals surface area contributed by atoms with Crippen LogP contribution in [0.3, 0.4) is 0 Å². The minimum Gasteiger partial charge on any atom is -0.365 e. The van der Waals surface area contributed by atoms with Crippen molar-refractivity contribution in [1.82, 2.24) is 14.6 Å². The molecule has 1 amide bonds. The number of thiazole rings is 1. The molecule has 0 spiro atoms. The fourth-order valence-corrected chi connectivity index (χ4v) is 6.67. The molecule has 2 aromatic carbocycles. The summed E-state index contributed by atoms with van der Waals surface area (Å²) < 4.78 is 29.9. The summed E-state index contributed by atoms with van der Waals surface area (Å²) in [4.78, 5) is 22.1. The van der Waals surface area contributed by atoms with E-state index in [1.165, 1.54) is 16.9 Å². The largest absolute Gasteiger partial charge is 0.365 e. The number of hydrogen-bond acceptors (Lipinski definition) is 6. The van der Waals surface area contributed by atoms with Crippen molar-refractivity contribution in [2.24, 2.45) is 5.92 Å². The van der Waals surface area contributed by atoms with Crippen molar-refractivity contribution in [1.29, 1.82) is 0 Å². The molecule has 1 saturated heterocycles. The van der Waals surface area contributed by atoms with Crippen molar-refractivity contribution in [3.8, 4) is 0 Å². The molecular weight excluding hydrogens is 468 g/mol. The summed E-state index contributed by atoms with van der Waals surface area (Å²) >= 11 is 1.45. The fraction of sp³-hybridized carbons (Fsp3) is 0.440. The van der Waals surface area contributed by atoms with Crippen molar-refractivity contribution >= 4 is 43.2 Å². The van der Waals surface area contributed by atoms with E-state index in [4.69, 9.17) is 0 Å². The summed E-state index contributed by atoms with van der Waals surface area (Å²) in [6.45, 7) is 11.6. The zero-order valence-corrected chi connectivity index (χ0v) is 21.9. The Morgan fingerprint density at radius 2 is 1.82 bits per heavy atom. The van der Waals surface area contributed by atoms with Gasteiger partial charge in [0, 0.05) is 31.4 Å². The number of anilines is 1. The molecule has 3 aromatic rings. The van der Waals surface area contributed by atoms with Gasteiger partial charge in [-0.05, 0) is 57.0 Å². The van der Waals surface area contributed by atoms with E-state index in [9.17, 15) is 13.2 Å². The predicted molar refractivity (Wildman–Crippen MR) is 138 cm³/mol. The average molecular weight is 501 g/mol. The summed E-state index contributed by atoms with van der Waals surface area (Å²) in [7, 11) is -3.87. The van der Waals surface area contributed by atoms with E-state index < -0.39 is 16.1 Å². The number of carbonyl (C=O) groups is 1. The van der Waals surface area contributed by atoms with Crippen LogP contribution in [-0.2, 0) is 14.8 Å². The van der Waals surface area contributed by atoms with Crippen molar-refractivity contribution < 1.29 is 13.2 Å². The molecule has 1 fully saturated rings. The Labute approximate surface area is 205 Å². The smallest absolute Gasteiger partial charge is 0.241 e. The normalized spacial score (nSPS) is 18.0. The quantitative estimate of drug-likeness (QED) is 0.554. The second-order valence-electron chi connectivity index (χ2n) is 9.37. The lowest BCUT2D eigenvalue weighted by Gasteiger charge is -2.42. The molecular formula is C25H32N4O3S2. The molecule has 2 heterocycles. The highest BCUT2D eigenvalue weighted by Crippen LogP contribution is 2.26. The van der Waals surface area contributed by atoms with E-state index >= 15 is 0 Å². The molecule has 34 heavy (non-hydrogen) atoms. The van der Waals surface area contributed by atoms with Gasteiger partial charge in [-0.2, -0.15) is 4.72 Å². The number of sulfonamides is 1. The first-order valence-corrected chi connectivity index (χ1v) is 13.9. The second-order valence-corrected chi connectivity index (χ2v) is 12.3. The number of nitrogens with one attached hydrogen (secondary N) is 1.